The molecule has 0 saturated carbocycles. The van der Waals surface area contributed by atoms with E-state index in [2.05, 4.69) is 11.4 Å². The third-order valence-electron chi connectivity index (χ3n) is 3.14. The zero-order valence-corrected chi connectivity index (χ0v) is 14.7. The quantitative estimate of drug-likeness (QED) is 0.781. The number of alkyl carbamates (subject to hydrolysis) is 1. The first-order valence-corrected chi connectivity index (χ1v) is 8.02. The molecule has 1 unspecified atom stereocenters. The molecule has 1 aromatic carbocycles. The summed E-state index contributed by atoms with van der Waals surface area (Å²) < 4.78 is 5.17. The van der Waals surface area contributed by atoms with E-state index in [1.165, 1.54) is 5.56 Å². The average Bonchev–Trinajstić information content (AvgIpc) is 2.37. The smallest absolute Gasteiger partial charge is 0.407 e. The number of hydrogen-bond acceptors (Lipinski definition) is 3. The molecule has 0 radical (unpaired) electrons. The van der Waals surface area contributed by atoms with Crippen molar-refractivity contribution < 1.29 is 9.53 Å². The average molecular weight is 327 g/mol. The Labute approximate surface area is 138 Å². The summed E-state index contributed by atoms with van der Waals surface area (Å²) in [5.41, 5.74) is 7.93. The van der Waals surface area contributed by atoms with Crippen molar-refractivity contribution in [3.8, 4) is 0 Å². The van der Waals surface area contributed by atoms with Gasteiger partial charge in [0.05, 0.1) is 0 Å². The van der Waals surface area contributed by atoms with Gasteiger partial charge in [0.25, 0.3) is 0 Å². The summed E-state index contributed by atoms with van der Waals surface area (Å²) in [6, 6.07) is 6.05. The first kappa shape index (κ1) is 18.8. The Morgan fingerprint density at radius 3 is 2.68 bits per heavy atom. The van der Waals surface area contributed by atoms with Crippen LogP contribution in [0.1, 0.15) is 44.7 Å². The van der Waals surface area contributed by atoms with Gasteiger partial charge >= 0.3 is 6.09 Å². The number of hydrogen-bond donors (Lipinski definition) is 2. The van der Waals surface area contributed by atoms with Crippen LogP contribution in [0.2, 0.25) is 5.02 Å². The van der Waals surface area contributed by atoms with E-state index in [1.807, 2.05) is 39.8 Å². The summed E-state index contributed by atoms with van der Waals surface area (Å²) in [4.78, 5) is 11.5. The first-order chi connectivity index (χ1) is 10.2. The Morgan fingerprint density at radius 2 is 2.09 bits per heavy atom. The normalized spacial score (nSPS) is 12.8. The highest BCUT2D eigenvalue weighted by atomic mass is 35.5. The number of nitrogens with two attached hydrogens (primary N) is 1. The van der Waals surface area contributed by atoms with Crippen LogP contribution in [0, 0.1) is 6.92 Å². The van der Waals surface area contributed by atoms with Crippen molar-refractivity contribution in [3.05, 3.63) is 34.3 Å². The second kappa shape index (κ2) is 8.39. The van der Waals surface area contributed by atoms with Crippen molar-refractivity contribution in [2.75, 3.05) is 6.54 Å². The number of halogens is 1. The van der Waals surface area contributed by atoms with Gasteiger partial charge in [0, 0.05) is 17.6 Å². The number of nitrogens with one attached hydrogen (secondary N) is 1. The molecule has 0 heterocycles. The second-order valence-corrected chi connectivity index (χ2v) is 7.03. The van der Waals surface area contributed by atoms with Crippen LogP contribution in [0.15, 0.2) is 18.2 Å². The number of carbonyl (C=O) groups is 1. The van der Waals surface area contributed by atoms with E-state index >= 15 is 0 Å². The zero-order valence-electron chi connectivity index (χ0n) is 13.9. The van der Waals surface area contributed by atoms with Gasteiger partial charge in [0.15, 0.2) is 0 Å². The van der Waals surface area contributed by atoms with Crippen molar-refractivity contribution in [1.29, 1.82) is 0 Å². The van der Waals surface area contributed by atoms with E-state index in [-0.39, 0.29) is 12.1 Å². The number of aryl methyl sites for hydroxylation is 1. The lowest BCUT2D eigenvalue weighted by atomic mass is 10.0. The molecule has 0 saturated heterocycles. The summed E-state index contributed by atoms with van der Waals surface area (Å²) in [5.74, 6) is 0. The van der Waals surface area contributed by atoms with Gasteiger partial charge in [-0.05, 0) is 64.2 Å². The van der Waals surface area contributed by atoms with E-state index in [9.17, 15) is 4.79 Å². The van der Waals surface area contributed by atoms with E-state index in [4.69, 9.17) is 22.1 Å². The molecule has 3 N–H and O–H groups in total. The lowest BCUT2D eigenvalue weighted by Gasteiger charge is -2.20. The summed E-state index contributed by atoms with van der Waals surface area (Å²) in [6.07, 6.45) is 2.10. The molecule has 1 rings (SSSR count). The van der Waals surface area contributed by atoms with Crippen LogP contribution in [0.25, 0.3) is 0 Å². The van der Waals surface area contributed by atoms with Gasteiger partial charge in [-0.25, -0.2) is 4.79 Å². The summed E-state index contributed by atoms with van der Waals surface area (Å²) in [6.45, 7) is 8.09. The lowest BCUT2D eigenvalue weighted by Crippen LogP contribution is -2.33. The van der Waals surface area contributed by atoms with Crippen LogP contribution < -0.4 is 11.1 Å². The maximum absolute atomic E-state index is 11.5. The van der Waals surface area contributed by atoms with E-state index in [1.54, 1.807) is 0 Å². The highest BCUT2D eigenvalue weighted by Crippen LogP contribution is 2.17. The van der Waals surface area contributed by atoms with Gasteiger partial charge in [-0.2, -0.15) is 0 Å². The number of amides is 1. The largest absolute Gasteiger partial charge is 0.444 e. The molecule has 124 valence electrons. The topological polar surface area (TPSA) is 64.3 Å². The Kier molecular flexibility index (Phi) is 7.17. The Bertz CT molecular complexity index is 498. The fraction of sp³-hybridized carbons (Fsp3) is 0.588. The zero-order chi connectivity index (χ0) is 16.8. The molecule has 0 aromatic heterocycles. The number of carbonyl (C=O) groups excluding carboxylic acids is 1. The van der Waals surface area contributed by atoms with Gasteiger partial charge in [-0.3, -0.25) is 0 Å². The molecule has 0 fully saturated rings. The van der Waals surface area contributed by atoms with Gasteiger partial charge in [-0.15, -0.1) is 0 Å². The SMILES string of the molecule is Cc1cc(CC(N)CCCNC(=O)OC(C)(C)C)ccc1Cl. The van der Waals surface area contributed by atoms with Crippen molar-refractivity contribution in [3.63, 3.8) is 0 Å². The van der Waals surface area contributed by atoms with Gasteiger partial charge < -0.3 is 15.8 Å². The monoisotopic (exact) mass is 326 g/mol. The molecule has 0 aliphatic rings. The van der Waals surface area contributed by atoms with E-state index < -0.39 is 5.60 Å². The highest BCUT2D eigenvalue weighted by molar-refractivity contribution is 6.31. The van der Waals surface area contributed by atoms with Crippen molar-refractivity contribution in [2.45, 2.75) is 58.6 Å². The predicted molar refractivity (Wildman–Crippen MR) is 91.3 cm³/mol. The van der Waals surface area contributed by atoms with Crippen LogP contribution >= 0.6 is 11.6 Å². The van der Waals surface area contributed by atoms with Crippen LogP contribution in [-0.4, -0.2) is 24.3 Å². The third kappa shape index (κ3) is 7.66. The molecule has 4 nitrogen and oxygen atoms in total. The number of rotatable bonds is 6. The van der Waals surface area contributed by atoms with Crippen LogP contribution in [0.4, 0.5) is 4.79 Å². The molecular weight excluding hydrogens is 300 g/mol. The Balaban J connectivity index is 2.24. The molecule has 0 aliphatic carbocycles. The minimum atomic E-state index is -0.465. The molecule has 0 bridgehead atoms. The standard InChI is InChI=1S/C17H27ClN2O2/c1-12-10-13(7-8-15(12)18)11-14(19)6-5-9-20-16(21)22-17(2,3)4/h7-8,10,14H,5-6,9,11,19H2,1-4H3,(H,20,21). The first-order valence-electron chi connectivity index (χ1n) is 7.65. The second-order valence-electron chi connectivity index (χ2n) is 6.62. The van der Waals surface area contributed by atoms with Gasteiger partial charge in [-0.1, -0.05) is 23.7 Å². The minimum absolute atomic E-state index is 0.0704. The third-order valence-corrected chi connectivity index (χ3v) is 3.56. The molecule has 22 heavy (non-hydrogen) atoms. The molecule has 1 aromatic rings. The molecule has 5 heteroatoms. The van der Waals surface area contributed by atoms with Crippen molar-refractivity contribution in [2.24, 2.45) is 5.73 Å². The molecule has 0 aliphatic heterocycles. The number of ether oxygens (including phenoxy) is 1. The number of benzene rings is 1. The lowest BCUT2D eigenvalue weighted by molar-refractivity contribution is 0.0526. The van der Waals surface area contributed by atoms with E-state index in [0.29, 0.717) is 6.54 Å². The van der Waals surface area contributed by atoms with Crippen LogP contribution in [-0.2, 0) is 11.2 Å². The van der Waals surface area contributed by atoms with Crippen LogP contribution in [0.5, 0.6) is 0 Å². The molecule has 0 spiro atoms. The fourth-order valence-corrected chi connectivity index (χ4v) is 2.23. The molecular formula is C17H27ClN2O2. The predicted octanol–water partition coefficient (Wildman–Crippen LogP) is 3.82. The molecule has 1 amide bonds. The minimum Gasteiger partial charge on any atom is -0.444 e. The van der Waals surface area contributed by atoms with Gasteiger partial charge in [0.2, 0.25) is 0 Å². The van der Waals surface area contributed by atoms with Crippen molar-refractivity contribution >= 4 is 17.7 Å². The maximum Gasteiger partial charge on any atom is 0.407 e. The summed E-state index contributed by atoms with van der Waals surface area (Å²) >= 11 is 6.01. The Hall–Kier alpha value is -1.26. The fourth-order valence-electron chi connectivity index (χ4n) is 2.11. The highest BCUT2D eigenvalue weighted by Gasteiger charge is 2.15. The summed E-state index contributed by atoms with van der Waals surface area (Å²) in [5, 5.41) is 3.52. The van der Waals surface area contributed by atoms with E-state index in [0.717, 1.165) is 29.8 Å². The van der Waals surface area contributed by atoms with Crippen molar-refractivity contribution in [1.82, 2.24) is 5.32 Å². The van der Waals surface area contributed by atoms with Crippen LogP contribution in [0.3, 0.4) is 0 Å². The maximum atomic E-state index is 11.5. The molecule has 1 atom stereocenters. The Morgan fingerprint density at radius 1 is 1.41 bits per heavy atom. The van der Waals surface area contributed by atoms with Gasteiger partial charge in [0.1, 0.15) is 5.60 Å². The summed E-state index contributed by atoms with van der Waals surface area (Å²) in [7, 11) is 0.